The molecule has 5 nitrogen and oxygen atoms in total. The number of amides is 1. The molecule has 5 heteroatoms. The number of carbonyl (C=O) groups is 1. The molecule has 1 aliphatic rings. The minimum atomic E-state index is 0.116. The van der Waals surface area contributed by atoms with Crippen LogP contribution in [0.15, 0.2) is 30.3 Å². The normalized spacial score (nSPS) is 14.5. The van der Waals surface area contributed by atoms with Crippen molar-refractivity contribution in [3.05, 3.63) is 47.3 Å². The number of carbonyl (C=O) groups excluding carboxylic acids is 1. The van der Waals surface area contributed by atoms with E-state index in [2.05, 4.69) is 42.5 Å². The van der Waals surface area contributed by atoms with Gasteiger partial charge in [0.05, 0.1) is 23.6 Å². The molecular formula is C21H30N4O. The lowest BCUT2D eigenvalue weighted by Crippen LogP contribution is -2.34. The van der Waals surface area contributed by atoms with Crippen molar-refractivity contribution in [1.29, 1.82) is 0 Å². The highest BCUT2D eigenvalue weighted by Gasteiger charge is 2.26. The molecular weight excluding hydrogens is 324 g/mol. The number of hydrogen-bond acceptors (Lipinski definition) is 3. The van der Waals surface area contributed by atoms with Crippen LogP contribution in [0.3, 0.4) is 0 Å². The first kappa shape index (κ1) is 18.6. The van der Waals surface area contributed by atoms with Crippen molar-refractivity contribution in [2.24, 2.45) is 5.92 Å². The molecule has 0 bridgehead atoms. The van der Waals surface area contributed by atoms with Gasteiger partial charge < -0.3 is 4.90 Å². The highest BCUT2D eigenvalue weighted by Crippen LogP contribution is 2.26. The van der Waals surface area contributed by atoms with Gasteiger partial charge in [-0.05, 0) is 24.6 Å². The van der Waals surface area contributed by atoms with Crippen molar-refractivity contribution >= 4 is 5.91 Å². The number of fused-ring (bicyclic) bond motifs is 1. The largest absolute Gasteiger partial charge is 0.337 e. The van der Waals surface area contributed by atoms with E-state index in [-0.39, 0.29) is 5.91 Å². The fourth-order valence-corrected chi connectivity index (χ4v) is 3.65. The predicted molar refractivity (Wildman–Crippen MR) is 104 cm³/mol. The number of rotatable bonds is 6. The van der Waals surface area contributed by atoms with Crippen molar-refractivity contribution in [1.82, 2.24) is 19.6 Å². The zero-order chi connectivity index (χ0) is 18.7. The van der Waals surface area contributed by atoms with Crippen LogP contribution in [-0.4, -0.2) is 45.1 Å². The van der Waals surface area contributed by atoms with Gasteiger partial charge in [-0.25, -0.2) is 4.68 Å². The number of likely N-dealkylation sites (N-methyl/N-ethyl adjacent to an activating group) is 1. The molecule has 140 valence electrons. The molecule has 2 aromatic rings. The van der Waals surface area contributed by atoms with Crippen LogP contribution in [0.4, 0.5) is 0 Å². The van der Waals surface area contributed by atoms with E-state index < -0.39 is 0 Å². The van der Waals surface area contributed by atoms with Crippen molar-refractivity contribution in [2.75, 3.05) is 19.6 Å². The minimum Gasteiger partial charge on any atom is -0.337 e. The van der Waals surface area contributed by atoms with Gasteiger partial charge in [-0.3, -0.25) is 9.69 Å². The Kier molecular flexibility index (Phi) is 5.77. The Labute approximate surface area is 156 Å². The van der Waals surface area contributed by atoms with Crippen LogP contribution in [-0.2, 0) is 24.3 Å². The monoisotopic (exact) mass is 354 g/mol. The molecule has 0 fully saturated rings. The summed E-state index contributed by atoms with van der Waals surface area (Å²) in [4.78, 5) is 16.5. The molecule has 0 spiro atoms. The van der Waals surface area contributed by atoms with Crippen LogP contribution >= 0.6 is 0 Å². The molecule has 0 aliphatic carbocycles. The van der Waals surface area contributed by atoms with Crippen molar-refractivity contribution in [3.8, 4) is 5.69 Å². The molecule has 0 saturated carbocycles. The second-order valence-corrected chi connectivity index (χ2v) is 7.53. The Morgan fingerprint density at radius 2 is 2.00 bits per heavy atom. The molecule has 26 heavy (non-hydrogen) atoms. The van der Waals surface area contributed by atoms with E-state index in [0.29, 0.717) is 12.5 Å². The molecule has 0 atom stereocenters. The number of nitrogens with zero attached hydrogens (tertiary/aromatic N) is 4. The third-order valence-electron chi connectivity index (χ3n) is 5.04. The molecule has 1 aromatic heterocycles. The number of para-hydroxylation sites is 1. The van der Waals surface area contributed by atoms with E-state index in [9.17, 15) is 4.79 Å². The van der Waals surface area contributed by atoms with Crippen LogP contribution in [0.2, 0.25) is 0 Å². The van der Waals surface area contributed by atoms with Gasteiger partial charge in [0.1, 0.15) is 0 Å². The zero-order valence-corrected chi connectivity index (χ0v) is 16.4. The Morgan fingerprint density at radius 1 is 1.27 bits per heavy atom. The van der Waals surface area contributed by atoms with E-state index in [1.54, 1.807) is 6.92 Å². The van der Waals surface area contributed by atoms with Crippen LogP contribution < -0.4 is 0 Å². The Hall–Kier alpha value is -2.14. The zero-order valence-electron chi connectivity index (χ0n) is 16.4. The summed E-state index contributed by atoms with van der Waals surface area (Å²) < 4.78 is 2.09. The Morgan fingerprint density at radius 3 is 2.62 bits per heavy atom. The average Bonchev–Trinajstić information content (AvgIpc) is 2.99. The second kappa shape index (κ2) is 8.04. The predicted octanol–water partition coefficient (Wildman–Crippen LogP) is 3.25. The van der Waals surface area contributed by atoms with Crippen LogP contribution in [0.25, 0.3) is 5.69 Å². The first-order chi connectivity index (χ1) is 12.5. The van der Waals surface area contributed by atoms with Gasteiger partial charge in [0, 0.05) is 38.5 Å². The maximum atomic E-state index is 12.1. The molecule has 1 aromatic carbocycles. The highest BCUT2D eigenvalue weighted by molar-refractivity contribution is 5.73. The highest BCUT2D eigenvalue weighted by atomic mass is 16.2. The van der Waals surface area contributed by atoms with Crippen LogP contribution in [0.5, 0.6) is 0 Å². The minimum absolute atomic E-state index is 0.116. The van der Waals surface area contributed by atoms with Crippen molar-refractivity contribution in [2.45, 2.75) is 47.2 Å². The SMILES string of the molecule is CCN1CCc2c(c(CN(CC(C)C)C(C)=O)nn2-c2ccccc2)C1. The molecule has 0 saturated heterocycles. The summed E-state index contributed by atoms with van der Waals surface area (Å²) in [5.74, 6) is 0.558. The molecule has 0 radical (unpaired) electrons. The van der Waals surface area contributed by atoms with Gasteiger partial charge in [-0.1, -0.05) is 39.0 Å². The standard InChI is InChI=1S/C21H30N4O/c1-5-23-12-11-21-19(14-23)20(15-24(17(4)26)13-16(2)3)22-25(21)18-9-7-6-8-10-18/h6-10,16H,5,11-15H2,1-4H3. The van der Waals surface area contributed by atoms with E-state index >= 15 is 0 Å². The van der Waals surface area contributed by atoms with Gasteiger partial charge in [0.2, 0.25) is 5.91 Å². The maximum Gasteiger partial charge on any atom is 0.219 e. The lowest BCUT2D eigenvalue weighted by Gasteiger charge is -2.27. The topological polar surface area (TPSA) is 41.4 Å². The fraction of sp³-hybridized carbons (Fsp3) is 0.524. The van der Waals surface area contributed by atoms with Gasteiger partial charge >= 0.3 is 0 Å². The first-order valence-electron chi connectivity index (χ1n) is 9.62. The van der Waals surface area contributed by atoms with Crippen molar-refractivity contribution < 1.29 is 4.79 Å². The van der Waals surface area contributed by atoms with E-state index in [4.69, 9.17) is 5.10 Å². The quantitative estimate of drug-likeness (QED) is 0.800. The maximum absolute atomic E-state index is 12.1. The van der Waals surface area contributed by atoms with Crippen molar-refractivity contribution in [3.63, 3.8) is 0 Å². The summed E-state index contributed by atoms with van der Waals surface area (Å²) >= 11 is 0. The summed E-state index contributed by atoms with van der Waals surface area (Å²) in [6.45, 7) is 12.5. The molecule has 1 aliphatic heterocycles. The number of benzene rings is 1. The average molecular weight is 354 g/mol. The summed E-state index contributed by atoms with van der Waals surface area (Å²) in [6.07, 6.45) is 0.995. The lowest BCUT2D eigenvalue weighted by atomic mass is 10.0. The molecule has 3 rings (SSSR count). The van der Waals surface area contributed by atoms with Gasteiger partial charge in [0.15, 0.2) is 0 Å². The molecule has 0 N–H and O–H groups in total. The smallest absolute Gasteiger partial charge is 0.219 e. The molecule has 2 heterocycles. The van der Waals surface area contributed by atoms with Crippen LogP contribution in [0, 0.1) is 5.92 Å². The fourth-order valence-electron chi connectivity index (χ4n) is 3.65. The third kappa shape index (κ3) is 3.98. The Balaban J connectivity index is 1.99. The second-order valence-electron chi connectivity index (χ2n) is 7.53. The summed E-state index contributed by atoms with van der Waals surface area (Å²) in [5, 5.41) is 4.96. The number of aromatic nitrogens is 2. The number of hydrogen-bond donors (Lipinski definition) is 0. The van der Waals surface area contributed by atoms with Gasteiger partial charge in [0.25, 0.3) is 0 Å². The van der Waals surface area contributed by atoms with E-state index in [0.717, 1.165) is 44.0 Å². The summed E-state index contributed by atoms with van der Waals surface area (Å²) in [7, 11) is 0. The summed E-state index contributed by atoms with van der Waals surface area (Å²) in [5.41, 5.74) is 4.73. The molecule has 0 unspecified atom stereocenters. The van der Waals surface area contributed by atoms with E-state index in [1.807, 2.05) is 23.1 Å². The Bertz CT molecular complexity index is 751. The van der Waals surface area contributed by atoms with Crippen LogP contribution in [0.1, 0.15) is 44.6 Å². The first-order valence-corrected chi connectivity index (χ1v) is 9.62. The van der Waals surface area contributed by atoms with Gasteiger partial charge in [-0.2, -0.15) is 5.10 Å². The summed E-state index contributed by atoms with van der Waals surface area (Å²) in [6, 6.07) is 10.3. The van der Waals surface area contributed by atoms with E-state index in [1.165, 1.54) is 11.3 Å². The third-order valence-corrected chi connectivity index (χ3v) is 5.04. The molecule has 1 amide bonds. The van der Waals surface area contributed by atoms with Gasteiger partial charge in [-0.15, -0.1) is 0 Å². The lowest BCUT2D eigenvalue weighted by molar-refractivity contribution is -0.130.